The van der Waals surface area contributed by atoms with Crippen molar-refractivity contribution in [3.63, 3.8) is 0 Å². The highest BCUT2D eigenvalue weighted by Crippen LogP contribution is 2.18. The van der Waals surface area contributed by atoms with Crippen LogP contribution in [0.15, 0.2) is 23.1 Å². The molecule has 1 aromatic carbocycles. The molecule has 0 fully saturated rings. The van der Waals surface area contributed by atoms with Crippen LogP contribution < -0.4 is 4.72 Å². The Balaban J connectivity index is 2.94. The molecule has 0 aliphatic heterocycles. The molecule has 108 valence electrons. The molecular formula is C11H15F2NO3S2. The van der Waals surface area contributed by atoms with Crippen LogP contribution in [0.5, 0.6) is 0 Å². The summed E-state index contributed by atoms with van der Waals surface area (Å²) in [6, 6.07) is 2.79. The second-order valence-electron chi connectivity index (χ2n) is 4.31. The number of sulfonamides is 1. The van der Waals surface area contributed by atoms with E-state index in [4.69, 9.17) is 0 Å². The number of halogens is 2. The molecule has 0 aliphatic carbocycles. The van der Waals surface area contributed by atoms with Gasteiger partial charge in [-0.1, -0.05) is 6.07 Å². The van der Waals surface area contributed by atoms with Gasteiger partial charge in [-0.2, -0.15) is 11.8 Å². The molecule has 0 amide bonds. The second kappa shape index (κ2) is 6.17. The highest BCUT2D eigenvalue weighted by molar-refractivity contribution is 7.98. The molecule has 1 atom stereocenters. The SMILES string of the molecule is CSC[C@@](C)(O)CNS(=O)(=O)c1c(F)cccc1F. The van der Waals surface area contributed by atoms with Gasteiger partial charge < -0.3 is 5.11 Å². The Labute approximate surface area is 115 Å². The van der Waals surface area contributed by atoms with Crippen molar-refractivity contribution >= 4 is 21.8 Å². The summed E-state index contributed by atoms with van der Waals surface area (Å²) in [7, 11) is -4.34. The lowest BCUT2D eigenvalue weighted by atomic mass is 10.1. The summed E-state index contributed by atoms with van der Waals surface area (Å²) in [5.41, 5.74) is -1.30. The first-order valence-electron chi connectivity index (χ1n) is 5.34. The first-order valence-corrected chi connectivity index (χ1v) is 8.22. The van der Waals surface area contributed by atoms with Gasteiger partial charge in [-0.15, -0.1) is 0 Å². The van der Waals surface area contributed by atoms with Crippen LogP contribution in [0.3, 0.4) is 0 Å². The number of thioether (sulfide) groups is 1. The molecule has 2 N–H and O–H groups in total. The van der Waals surface area contributed by atoms with E-state index in [0.717, 1.165) is 18.2 Å². The maximum atomic E-state index is 13.4. The van der Waals surface area contributed by atoms with Gasteiger partial charge in [0, 0.05) is 12.3 Å². The molecular weight excluding hydrogens is 296 g/mol. The third-order valence-electron chi connectivity index (χ3n) is 2.29. The lowest BCUT2D eigenvalue weighted by Gasteiger charge is -2.22. The molecule has 1 aromatic rings. The first-order chi connectivity index (χ1) is 8.69. The molecule has 19 heavy (non-hydrogen) atoms. The van der Waals surface area contributed by atoms with E-state index in [1.807, 2.05) is 4.72 Å². The van der Waals surface area contributed by atoms with Crippen molar-refractivity contribution < 1.29 is 22.3 Å². The van der Waals surface area contributed by atoms with Gasteiger partial charge in [-0.3, -0.25) is 0 Å². The van der Waals surface area contributed by atoms with Gasteiger partial charge in [0.2, 0.25) is 10.0 Å². The monoisotopic (exact) mass is 311 g/mol. The average molecular weight is 311 g/mol. The summed E-state index contributed by atoms with van der Waals surface area (Å²) in [6.07, 6.45) is 1.75. The number of rotatable bonds is 6. The maximum absolute atomic E-state index is 13.4. The van der Waals surface area contributed by atoms with Crippen molar-refractivity contribution in [2.24, 2.45) is 0 Å². The predicted molar refractivity (Wildman–Crippen MR) is 70.6 cm³/mol. The lowest BCUT2D eigenvalue weighted by Crippen LogP contribution is -2.42. The van der Waals surface area contributed by atoms with Crippen LogP contribution in [0.1, 0.15) is 6.92 Å². The fraction of sp³-hybridized carbons (Fsp3) is 0.455. The first kappa shape index (κ1) is 16.4. The van der Waals surface area contributed by atoms with Crippen LogP contribution in [-0.2, 0) is 10.0 Å². The Bertz CT molecular complexity index is 527. The third-order valence-corrected chi connectivity index (χ3v) is 4.65. The summed E-state index contributed by atoms with van der Waals surface area (Å²) in [4.78, 5) is -1.03. The zero-order valence-corrected chi connectivity index (χ0v) is 12.1. The van der Waals surface area contributed by atoms with E-state index in [9.17, 15) is 22.3 Å². The molecule has 0 aliphatic rings. The molecule has 0 radical (unpaired) electrons. The largest absolute Gasteiger partial charge is 0.388 e. The Morgan fingerprint density at radius 2 is 1.89 bits per heavy atom. The molecule has 8 heteroatoms. The molecule has 0 bridgehead atoms. The van der Waals surface area contributed by atoms with E-state index in [1.54, 1.807) is 6.26 Å². The number of benzene rings is 1. The zero-order valence-electron chi connectivity index (χ0n) is 10.5. The van der Waals surface area contributed by atoms with Crippen LogP contribution >= 0.6 is 11.8 Å². The second-order valence-corrected chi connectivity index (χ2v) is 6.88. The standard InChI is InChI=1S/C11H15F2NO3S2/c1-11(15,7-18-2)6-14-19(16,17)10-8(12)4-3-5-9(10)13/h3-5,14-15H,6-7H2,1-2H3/t11-/m0/s1. The van der Waals surface area contributed by atoms with Gasteiger partial charge in [0.25, 0.3) is 0 Å². The fourth-order valence-corrected chi connectivity index (χ4v) is 3.44. The minimum absolute atomic E-state index is 0.287. The number of hydrogen-bond acceptors (Lipinski definition) is 4. The van der Waals surface area contributed by atoms with Crippen LogP contribution in [0.2, 0.25) is 0 Å². The number of hydrogen-bond donors (Lipinski definition) is 2. The van der Waals surface area contributed by atoms with Crippen LogP contribution in [0, 0.1) is 11.6 Å². The quantitative estimate of drug-likeness (QED) is 0.832. The summed E-state index contributed by atoms with van der Waals surface area (Å²) >= 11 is 1.33. The summed E-state index contributed by atoms with van der Waals surface area (Å²) in [5.74, 6) is -2.05. The van der Waals surface area contributed by atoms with Crippen molar-refractivity contribution in [3.05, 3.63) is 29.8 Å². The molecule has 0 aromatic heterocycles. The Kier molecular flexibility index (Phi) is 5.31. The summed E-state index contributed by atoms with van der Waals surface area (Å²) < 4.78 is 52.4. The molecule has 4 nitrogen and oxygen atoms in total. The molecule has 0 saturated carbocycles. The number of nitrogens with one attached hydrogen (secondary N) is 1. The summed E-state index contributed by atoms with van der Waals surface area (Å²) in [5, 5.41) is 9.83. The van der Waals surface area contributed by atoms with Crippen molar-refractivity contribution in [2.75, 3.05) is 18.6 Å². The fourth-order valence-electron chi connectivity index (χ4n) is 1.42. The third kappa shape index (κ3) is 4.41. The molecule has 0 saturated heterocycles. The van der Waals surface area contributed by atoms with Crippen LogP contribution in [-0.4, -0.2) is 37.7 Å². The topological polar surface area (TPSA) is 66.4 Å². The van der Waals surface area contributed by atoms with Gasteiger partial charge in [0.05, 0.1) is 5.60 Å². The van der Waals surface area contributed by atoms with Gasteiger partial charge in [0.1, 0.15) is 11.6 Å². The Morgan fingerprint density at radius 1 is 1.37 bits per heavy atom. The molecule has 0 unspecified atom stereocenters. The van der Waals surface area contributed by atoms with Gasteiger partial charge in [-0.05, 0) is 25.3 Å². The maximum Gasteiger partial charge on any atom is 0.246 e. The van der Waals surface area contributed by atoms with E-state index in [2.05, 4.69) is 0 Å². The van der Waals surface area contributed by atoms with Crippen molar-refractivity contribution in [1.82, 2.24) is 4.72 Å². The van der Waals surface area contributed by atoms with E-state index in [1.165, 1.54) is 18.7 Å². The lowest BCUT2D eigenvalue weighted by molar-refractivity contribution is 0.0908. The Morgan fingerprint density at radius 3 is 2.37 bits per heavy atom. The highest BCUT2D eigenvalue weighted by Gasteiger charge is 2.27. The van der Waals surface area contributed by atoms with Gasteiger partial charge >= 0.3 is 0 Å². The van der Waals surface area contributed by atoms with E-state index in [-0.39, 0.29) is 12.3 Å². The number of aliphatic hydroxyl groups is 1. The predicted octanol–water partition coefficient (Wildman–Crippen LogP) is 1.36. The highest BCUT2D eigenvalue weighted by atomic mass is 32.2. The van der Waals surface area contributed by atoms with Crippen molar-refractivity contribution in [1.29, 1.82) is 0 Å². The smallest absolute Gasteiger partial charge is 0.246 e. The minimum atomic E-state index is -4.34. The van der Waals surface area contributed by atoms with Crippen LogP contribution in [0.25, 0.3) is 0 Å². The average Bonchev–Trinajstić information content (AvgIpc) is 2.26. The van der Waals surface area contributed by atoms with Crippen LogP contribution in [0.4, 0.5) is 8.78 Å². The van der Waals surface area contributed by atoms with Crippen molar-refractivity contribution in [2.45, 2.75) is 17.4 Å². The minimum Gasteiger partial charge on any atom is -0.388 e. The zero-order chi connectivity index (χ0) is 14.7. The molecule has 1 rings (SSSR count). The Hall–Kier alpha value is -0.700. The summed E-state index contributed by atoms with van der Waals surface area (Å²) in [6.45, 7) is 1.10. The normalized spacial score (nSPS) is 15.2. The molecule has 0 spiro atoms. The van der Waals surface area contributed by atoms with Gasteiger partial charge in [-0.25, -0.2) is 21.9 Å². The van der Waals surface area contributed by atoms with E-state index >= 15 is 0 Å². The molecule has 0 heterocycles. The van der Waals surface area contributed by atoms with E-state index in [0.29, 0.717) is 0 Å². The van der Waals surface area contributed by atoms with Crippen molar-refractivity contribution in [3.8, 4) is 0 Å². The van der Waals surface area contributed by atoms with E-state index < -0.39 is 32.2 Å². The van der Waals surface area contributed by atoms with Gasteiger partial charge in [0.15, 0.2) is 4.90 Å².